The minimum atomic E-state index is -1.88. The van der Waals surface area contributed by atoms with Gasteiger partial charge in [0.25, 0.3) is 0 Å². The summed E-state index contributed by atoms with van der Waals surface area (Å²) in [6, 6.07) is 0. The molecule has 0 amide bonds. The molecule has 0 aromatic heterocycles. The van der Waals surface area contributed by atoms with E-state index in [4.69, 9.17) is 9.16 Å². The second-order valence-corrected chi connectivity index (χ2v) is 13.1. The van der Waals surface area contributed by atoms with Crippen molar-refractivity contribution in [1.29, 1.82) is 0 Å². The van der Waals surface area contributed by atoms with Crippen molar-refractivity contribution in [1.82, 2.24) is 0 Å². The number of carbonyl (C=O) groups is 1. The van der Waals surface area contributed by atoms with E-state index in [0.29, 0.717) is 6.42 Å². The molecular formula is C18H34O4Si. The van der Waals surface area contributed by atoms with Crippen molar-refractivity contribution in [2.75, 3.05) is 6.61 Å². The number of rotatable bonds is 6. The van der Waals surface area contributed by atoms with Gasteiger partial charge in [0.05, 0.1) is 24.9 Å². The Balaban J connectivity index is 2.97. The predicted molar refractivity (Wildman–Crippen MR) is 96.0 cm³/mol. The fraction of sp³-hybridized carbons (Fsp3) is 0.833. The van der Waals surface area contributed by atoms with Crippen LogP contribution in [0.25, 0.3) is 0 Å². The summed E-state index contributed by atoms with van der Waals surface area (Å²) >= 11 is 0. The molecule has 1 aliphatic heterocycles. The van der Waals surface area contributed by atoms with Crippen LogP contribution in [0.4, 0.5) is 0 Å². The van der Waals surface area contributed by atoms with Gasteiger partial charge in [-0.1, -0.05) is 33.8 Å². The first-order chi connectivity index (χ1) is 10.5. The van der Waals surface area contributed by atoms with E-state index in [1.807, 2.05) is 13.0 Å². The summed E-state index contributed by atoms with van der Waals surface area (Å²) in [6.07, 6.45) is 3.92. The van der Waals surface area contributed by atoms with Crippen molar-refractivity contribution in [2.45, 2.75) is 83.9 Å². The topological polar surface area (TPSA) is 55.8 Å². The number of aliphatic hydroxyl groups excluding tert-OH is 1. The lowest BCUT2D eigenvalue weighted by Crippen LogP contribution is -2.51. The maximum atomic E-state index is 10.9. The zero-order valence-electron chi connectivity index (χ0n) is 15.8. The number of hydrogen-bond donors (Lipinski definition) is 1. The van der Waals surface area contributed by atoms with Crippen LogP contribution in [0.2, 0.25) is 18.1 Å². The molecule has 4 nitrogen and oxygen atoms in total. The molecule has 1 N–H and O–H groups in total. The third-order valence-corrected chi connectivity index (χ3v) is 9.76. The summed E-state index contributed by atoms with van der Waals surface area (Å²) in [5.41, 5.74) is 0.889. The number of ether oxygens (including phenoxy) is 1. The third kappa shape index (κ3) is 5.52. The van der Waals surface area contributed by atoms with Gasteiger partial charge in [-0.3, -0.25) is 0 Å². The Bertz CT molecular complexity index is 425. The Morgan fingerprint density at radius 2 is 2.00 bits per heavy atom. The van der Waals surface area contributed by atoms with Gasteiger partial charge < -0.3 is 19.1 Å². The fourth-order valence-corrected chi connectivity index (χ4v) is 4.00. The van der Waals surface area contributed by atoms with Gasteiger partial charge in [-0.25, -0.2) is 0 Å². The number of hydrogen-bond acceptors (Lipinski definition) is 4. The predicted octanol–water partition coefficient (Wildman–Crippen LogP) is 3.70. The standard InChI is InChI=1S/C18H34O4Si/c1-13(12-20)10-16-14(2)17(11-15(21-16)8-9-19)22-23(6,7)18(3,4)5/h9-10,14-17,20H,8,11-12H2,1-7H3/b13-10-/t14-,15-,16+,17-/m0/s1. The van der Waals surface area contributed by atoms with Crippen LogP contribution in [-0.2, 0) is 14.0 Å². The lowest BCUT2D eigenvalue weighted by atomic mass is 9.88. The molecule has 1 saturated heterocycles. The van der Waals surface area contributed by atoms with E-state index in [-0.39, 0.29) is 35.9 Å². The molecule has 0 unspecified atom stereocenters. The van der Waals surface area contributed by atoms with Gasteiger partial charge >= 0.3 is 0 Å². The highest BCUT2D eigenvalue weighted by atomic mass is 28.4. The van der Waals surface area contributed by atoms with Crippen LogP contribution in [0.15, 0.2) is 11.6 Å². The molecule has 4 atom stereocenters. The molecule has 0 aromatic rings. The van der Waals surface area contributed by atoms with E-state index < -0.39 is 8.32 Å². The van der Waals surface area contributed by atoms with Crippen LogP contribution in [0.1, 0.15) is 47.5 Å². The molecule has 0 radical (unpaired) electrons. The van der Waals surface area contributed by atoms with Gasteiger partial charge in [-0.05, 0) is 37.0 Å². The van der Waals surface area contributed by atoms with E-state index in [1.54, 1.807) is 0 Å². The Hall–Kier alpha value is -0.493. The number of aldehydes is 1. The smallest absolute Gasteiger partial charge is 0.192 e. The first-order valence-corrected chi connectivity index (χ1v) is 11.5. The average molecular weight is 343 g/mol. The van der Waals surface area contributed by atoms with Crippen LogP contribution in [-0.4, -0.2) is 44.6 Å². The van der Waals surface area contributed by atoms with Crippen LogP contribution in [0.3, 0.4) is 0 Å². The highest BCUT2D eigenvalue weighted by Gasteiger charge is 2.43. The average Bonchev–Trinajstić information content (AvgIpc) is 2.42. The van der Waals surface area contributed by atoms with Crippen LogP contribution >= 0.6 is 0 Å². The zero-order valence-corrected chi connectivity index (χ0v) is 16.8. The summed E-state index contributed by atoms with van der Waals surface area (Å²) in [6.45, 7) is 15.3. The van der Waals surface area contributed by atoms with Crippen molar-refractivity contribution in [3.63, 3.8) is 0 Å². The van der Waals surface area contributed by atoms with Crippen LogP contribution in [0, 0.1) is 5.92 Å². The molecule has 1 heterocycles. The zero-order chi connectivity index (χ0) is 17.8. The summed E-state index contributed by atoms with van der Waals surface area (Å²) in [5.74, 6) is 0.202. The van der Waals surface area contributed by atoms with E-state index in [1.165, 1.54) is 0 Å². The molecule has 1 rings (SSSR count). The van der Waals surface area contributed by atoms with Gasteiger partial charge in [0.2, 0.25) is 0 Å². The number of carbonyl (C=O) groups excluding carboxylic acids is 1. The van der Waals surface area contributed by atoms with E-state index >= 15 is 0 Å². The largest absolute Gasteiger partial charge is 0.413 e. The van der Waals surface area contributed by atoms with E-state index in [0.717, 1.165) is 18.3 Å². The second-order valence-electron chi connectivity index (χ2n) is 8.31. The minimum absolute atomic E-state index is 0.0265. The molecule has 1 fully saturated rings. The summed E-state index contributed by atoms with van der Waals surface area (Å²) < 4.78 is 12.7. The van der Waals surface area contributed by atoms with Crippen molar-refractivity contribution in [3.05, 3.63) is 11.6 Å². The highest BCUT2D eigenvalue weighted by Crippen LogP contribution is 2.40. The molecule has 23 heavy (non-hydrogen) atoms. The monoisotopic (exact) mass is 342 g/mol. The van der Waals surface area contributed by atoms with Crippen LogP contribution < -0.4 is 0 Å². The molecule has 5 heteroatoms. The van der Waals surface area contributed by atoms with Crippen molar-refractivity contribution >= 4 is 14.6 Å². The third-order valence-electron chi connectivity index (χ3n) is 5.26. The number of aliphatic hydroxyl groups is 1. The Kier molecular flexibility index (Phi) is 7.20. The molecule has 134 valence electrons. The summed E-state index contributed by atoms with van der Waals surface area (Å²) in [4.78, 5) is 10.9. The maximum absolute atomic E-state index is 10.9. The second kappa shape index (κ2) is 8.06. The molecule has 0 aliphatic carbocycles. The highest BCUT2D eigenvalue weighted by molar-refractivity contribution is 6.74. The van der Waals surface area contributed by atoms with Gasteiger partial charge in [-0.2, -0.15) is 0 Å². The maximum Gasteiger partial charge on any atom is 0.192 e. The lowest BCUT2D eigenvalue weighted by Gasteiger charge is -2.45. The van der Waals surface area contributed by atoms with Gasteiger partial charge in [0, 0.05) is 12.3 Å². The fourth-order valence-electron chi connectivity index (χ4n) is 2.58. The normalized spacial score (nSPS) is 30.3. The Morgan fingerprint density at radius 1 is 1.39 bits per heavy atom. The van der Waals surface area contributed by atoms with Gasteiger partial charge in [0.1, 0.15) is 6.29 Å². The Labute approximate surface area is 142 Å². The molecule has 0 aromatic carbocycles. The Morgan fingerprint density at radius 3 is 2.48 bits per heavy atom. The van der Waals surface area contributed by atoms with Gasteiger partial charge in [0.15, 0.2) is 8.32 Å². The molecule has 0 saturated carbocycles. The first kappa shape index (κ1) is 20.6. The van der Waals surface area contributed by atoms with Crippen molar-refractivity contribution in [2.24, 2.45) is 5.92 Å². The summed E-state index contributed by atoms with van der Waals surface area (Å²) in [7, 11) is -1.88. The van der Waals surface area contributed by atoms with E-state index in [2.05, 4.69) is 40.8 Å². The van der Waals surface area contributed by atoms with E-state index in [9.17, 15) is 9.90 Å². The molecule has 0 spiro atoms. The van der Waals surface area contributed by atoms with Crippen molar-refractivity contribution < 1.29 is 19.1 Å². The lowest BCUT2D eigenvalue weighted by molar-refractivity contribution is -0.124. The van der Waals surface area contributed by atoms with Gasteiger partial charge in [-0.15, -0.1) is 0 Å². The molecule has 1 aliphatic rings. The summed E-state index contributed by atoms with van der Waals surface area (Å²) in [5, 5.41) is 9.43. The van der Waals surface area contributed by atoms with Crippen molar-refractivity contribution in [3.8, 4) is 0 Å². The quantitative estimate of drug-likeness (QED) is 0.454. The molecular weight excluding hydrogens is 308 g/mol. The first-order valence-electron chi connectivity index (χ1n) is 8.57. The SMILES string of the molecule is C/C(=C/[C@H]1O[C@@H](CC=O)C[C@H](O[Si](C)(C)C(C)(C)C)[C@H]1C)CO. The minimum Gasteiger partial charge on any atom is -0.413 e. The van der Waals surface area contributed by atoms with Crippen LogP contribution in [0.5, 0.6) is 0 Å². The molecule has 0 bridgehead atoms.